The number of imidazole rings is 1. The van der Waals surface area contributed by atoms with Crippen LogP contribution in [-0.2, 0) is 7.05 Å². The first-order valence-electron chi connectivity index (χ1n) is 5.85. The molecule has 2 aromatic rings. The Morgan fingerprint density at radius 1 is 1.48 bits per heavy atom. The lowest BCUT2D eigenvalue weighted by Gasteiger charge is -2.15. The fraction of sp³-hybridized carbons (Fsp3) is 0.250. The Kier molecular flexibility index (Phi) is 4.09. The second kappa shape index (κ2) is 5.80. The monoisotopic (exact) mass is 304 g/mol. The summed E-state index contributed by atoms with van der Waals surface area (Å²) in [5.41, 5.74) is 1.09. The van der Waals surface area contributed by atoms with E-state index in [4.69, 9.17) is 0 Å². The average Bonchev–Trinajstić information content (AvgIpc) is 2.80. The molecule has 0 saturated carbocycles. The third kappa shape index (κ3) is 2.80. The van der Waals surface area contributed by atoms with Crippen molar-refractivity contribution in [3.05, 3.63) is 34.3 Å². The number of pyridine rings is 1. The Morgan fingerprint density at radius 2 is 2.19 bits per heavy atom. The molecule has 0 fully saturated rings. The molecule has 0 bridgehead atoms. The van der Waals surface area contributed by atoms with E-state index in [1.807, 2.05) is 14.1 Å². The molecule has 0 aliphatic heterocycles. The second-order valence-electron chi connectivity index (χ2n) is 4.36. The van der Waals surface area contributed by atoms with Crippen molar-refractivity contribution in [2.75, 3.05) is 19.0 Å². The molecule has 0 saturated heterocycles. The van der Waals surface area contributed by atoms with Gasteiger partial charge in [-0.3, -0.25) is 0 Å². The number of nitriles is 1. The lowest BCUT2D eigenvalue weighted by Crippen LogP contribution is -2.11. The Hall–Kier alpha value is -2.60. The number of aryl methyl sites for hydroxylation is 1. The summed E-state index contributed by atoms with van der Waals surface area (Å²) < 4.78 is 1.54. The number of hydrogen-bond donors (Lipinski definition) is 0. The molecule has 0 amide bonds. The number of nitro groups is 1. The first-order chi connectivity index (χ1) is 9.95. The molecule has 2 heterocycles. The van der Waals surface area contributed by atoms with Gasteiger partial charge in [-0.15, -0.1) is 0 Å². The molecular weight excluding hydrogens is 292 g/mol. The lowest BCUT2D eigenvalue weighted by molar-refractivity contribution is -0.392. The summed E-state index contributed by atoms with van der Waals surface area (Å²) in [4.78, 5) is 20.1. The number of anilines is 1. The SMILES string of the molecule is CN(C)c1ccnc(Sc2c([N+](=O)[O-])ncn2C)c1C#N. The maximum absolute atomic E-state index is 11.0. The van der Waals surface area contributed by atoms with Crippen LogP contribution in [-0.4, -0.2) is 33.6 Å². The van der Waals surface area contributed by atoms with Crippen LogP contribution in [0.3, 0.4) is 0 Å². The van der Waals surface area contributed by atoms with Gasteiger partial charge in [0.1, 0.15) is 16.7 Å². The Labute approximate surface area is 125 Å². The predicted molar refractivity (Wildman–Crippen MR) is 77.3 cm³/mol. The molecule has 2 aromatic heterocycles. The first kappa shape index (κ1) is 14.8. The van der Waals surface area contributed by atoms with Crippen LogP contribution in [0.5, 0.6) is 0 Å². The minimum atomic E-state index is -0.551. The van der Waals surface area contributed by atoms with Crippen LogP contribution in [0.4, 0.5) is 11.5 Å². The van der Waals surface area contributed by atoms with E-state index >= 15 is 0 Å². The zero-order valence-corrected chi connectivity index (χ0v) is 12.5. The van der Waals surface area contributed by atoms with Gasteiger partial charge in [0.2, 0.25) is 6.33 Å². The lowest BCUT2D eigenvalue weighted by atomic mass is 10.2. The molecule has 0 aliphatic rings. The highest BCUT2D eigenvalue weighted by atomic mass is 32.2. The molecule has 0 radical (unpaired) electrons. The van der Waals surface area contributed by atoms with E-state index in [0.717, 1.165) is 11.8 Å². The van der Waals surface area contributed by atoms with Crippen LogP contribution in [0, 0.1) is 21.4 Å². The van der Waals surface area contributed by atoms with Crippen molar-refractivity contribution < 1.29 is 4.92 Å². The Bertz CT molecular complexity index is 734. The van der Waals surface area contributed by atoms with E-state index in [1.165, 1.54) is 10.9 Å². The van der Waals surface area contributed by atoms with Crippen molar-refractivity contribution in [1.82, 2.24) is 14.5 Å². The molecule has 8 nitrogen and oxygen atoms in total. The third-order valence-corrected chi connectivity index (χ3v) is 3.89. The van der Waals surface area contributed by atoms with Crippen LogP contribution in [0.25, 0.3) is 0 Å². The number of nitrogens with zero attached hydrogens (tertiary/aromatic N) is 6. The summed E-state index contributed by atoms with van der Waals surface area (Å²) >= 11 is 1.06. The van der Waals surface area contributed by atoms with E-state index in [1.54, 1.807) is 24.2 Å². The number of aromatic nitrogens is 3. The maximum atomic E-state index is 11.0. The largest absolute Gasteiger partial charge is 0.396 e. The van der Waals surface area contributed by atoms with E-state index in [-0.39, 0.29) is 5.82 Å². The van der Waals surface area contributed by atoms with E-state index in [9.17, 15) is 15.4 Å². The minimum absolute atomic E-state index is 0.247. The van der Waals surface area contributed by atoms with Crippen molar-refractivity contribution in [2.45, 2.75) is 10.1 Å². The molecule has 0 unspecified atom stereocenters. The first-order valence-corrected chi connectivity index (χ1v) is 6.67. The third-order valence-electron chi connectivity index (χ3n) is 2.72. The summed E-state index contributed by atoms with van der Waals surface area (Å²) in [6.45, 7) is 0. The minimum Gasteiger partial charge on any atom is -0.376 e. The Morgan fingerprint density at radius 3 is 2.76 bits per heavy atom. The fourth-order valence-corrected chi connectivity index (χ4v) is 2.69. The van der Waals surface area contributed by atoms with Crippen LogP contribution >= 0.6 is 11.8 Å². The second-order valence-corrected chi connectivity index (χ2v) is 5.34. The van der Waals surface area contributed by atoms with Crippen LogP contribution in [0.15, 0.2) is 28.6 Å². The van der Waals surface area contributed by atoms with Gasteiger partial charge in [-0.25, -0.2) is 4.98 Å². The van der Waals surface area contributed by atoms with Gasteiger partial charge >= 0.3 is 5.82 Å². The van der Waals surface area contributed by atoms with E-state index < -0.39 is 4.92 Å². The molecule has 2 rings (SSSR count). The summed E-state index contributed by atoms with van der Waals surface area (Å²) in [6.07, 6.45) is 2.93. The average molecular weight is 304 g/mol. The molecule has 0 atom stereocenters. The highest BCUT2D eigenvalue weighted by Gasteiger charge is 2.23. The van der Waals surface area contributed by atoms with Gasteiger partial charge in [-0.2, -0.15) is 5.26 Å². The van der Waals surface area contributed by atoms with Crippen molar-refractivity contribution in [3.8, 4) is 6.07 Å². The van der Waals surface area contributed by atoms with Crippen LogP contribution < -0.4 is 4.90 Å². The number of hydrogen-bond acceptors (Lipinski definition) is 7. The summed E-state index contributed by atoms with van der Waals surface area (Å²) in [7, 11) is 5.29. The van der Waals surface area contributed by atoms with Gasteiger partial charge in [0.05, 0.1) is 5.69 Å². The van der Waals surface area contributed by atoms with Gasteiger partial charge in [0.25, 0.3) is 0 Å². The smallest absolute Gasteiger partial charge is 0.376 e. The van der Waals surface area contributed by atoms with Crippen molar-refractivity contribution >= 4 is 23.3 Å². The molecule has 0 aromatic carbocycles. The molecule has 0 aliphatic carbocycles. The zero-order chi connectivity index (χ0) is 15.6. The molecule has 108 valence electrons. The van der Waals surface area contributed by atoms with Crippen molar-refractivity contribution in [1.29, 1.82) is 5.26 Å². The van der Waals surface area contributed by atoms with E-state index in [2.05, 4.69) is 16.0 Å². The zero-order valence-electron chi connectivity index (χ0n) is 11.6. The molecule has 0 spiro atoms. The van der Waals surface area contributed by atoms with Crippen LogP contribution in [0.1, 0.15) is 5.56 Å². The quantitative estimate of drug-likeness (QED) is 0.627. The van der Waals surface area contributed by atoms with Gasteiger partial charge < -0.3 is 19.6 Å². The van der Waals surface area contributed by atoms with Gasteiger partial charge in [-0.1, -0.05) is 0 Å². The highest BCUT2D eigenvalue weighted by molar-refractivity contribution is 7.99. The predicted octanol–water partition coefficient (Wildman–Crippen LogP) is 1.81. The van der Waals surface area contributed by atoms with Crippen molar-refractivity contribution in [2.24, 2.45) is 7.05 Å². The molecular formula is C12H12N6O2S. The molecule has 21 heavy (non-hydrogen) atoms. The normalized spacial score (nSPS) is 10.2. The number of rotatable bonds is 4. The summed E-state index contributed by atoms with van der Waals surface area (Å²) in [5, 5.41) is 21.1. The van der Waals surface area contributed by atoms with E-state index in [0.29, 0.717) is 21.3 Å². The molecule has 9 heteroatoms. The standard InChI is InChI=1S/C12H12N6O2S/c1-16(2)9-4-5-14-11(8(9)6-13)21-12-10(18(19)20)15-7-17(12)3/h4-5,7H,1-3H3. The fourth-order valence-electron chi connectivity index (χ4n) is 1.73. The van der Waals surface area contributed by atoms with Crippen LogP contribution in [0.2, 0.25) is 0 Å². The molecule has 0 N–H and O–H groups in total. The van der Waals surface area contributed by atoms with Gasteiger partial charge in [-0.05, 0) is 27.7 Å². The summed E-state index contributed by atoms with van der Waals surface area (Å²) in [6, 6.07) is 3.82. The van der Waals surface area contributed by atoms with Crippen molar-refractivity contribution in [3.63, 3.8) is 0 Å². The summed E-state index contributed by atoms with van der Waals surface area (Å²) in [5.74, 6) is -0.247. The van der Waals surface area contributed by atoms with Gasteiger partial charge in [0.15, 0.2) is 5.03 Å². The Balaban J connectivity index is 2.51. The highest BCUT2D eigenvalue weighted by Crippen LogP contribution is 2.36. The maximum Gasteiger partial charge on any atom is 0.396 e. The van der Waals surface area contributed by atoms with Gasteiger partial charge in [0, 0.05) is 27.3 Å². The topological polar surface area (TPSA) is 101 Å².